The quantitative estimate of drug-likeness (QED) is 0.461. The monoisotopic (exact) mass is 280 g/mol. The van der Waals surface area contributed by atoms with Crippen molar-refractivity contribution in [3.05, 3.63) is 11.6 Å². The van der Waals surface area contributed by atoms with Crippen LogP contribution in [0.1, 0.15) is 30.9 Å². The zero-order chi connectivity index (χ0) is 14.2. The van der Waals surface area contributed by atoms with Crippen molar-refractivity contribution in [2.24, 2.45) is 4.99 Å². The highest BCUT2D eigenvalue weighted by Crippen LogP contribution is 2.14. The molecule has 0 unspecified atom stereocenters. The van der Waals surface area contributed by atoms with Crippen LogP contribution in [0.2, 0.25) is 0 Å². The third-order valence-electron chi connectivity index (χ3n) is 3.42. The Kier molecular flexibility index (Phi) is 5.79. The molecule has 0 amide bonds. The normalized spacial score (nSPS) is 15.6. The minimum Gasteiger partial charge on any atom is -0.383 e. The Morgan fingerprint density at radius 2 is 2.20 bits per heavy atom. The van der Waals surface area contributed by atoms with Crippen LogP contribution in [0.15, 0.2) is 4.99 Å². The Bertz CT molecular complexity index is 442. The third-order valence-corrected chi connectivity index (χ3v) is 3.42. The molecule has 0 spiro atoms. The lowest BCUT2D eigenvalue weighted by Crippen LogP contribution is -2.39. The van der Waals surface area contributed by atoms with Crippen molar-refractivity contribution in [2.45, 2.75) is 38.8 Å². The van der Waals surface area contributed by atoms with E-state index in [0.717, 1.165) is 37.1 Å². The molecule has 0 bridgehead atoms. The maximum atomic E-state index is 5.00. The smallest absolute Gasteiger partial charge is 0.191 e. The fourth-order valence-electron chi connectivity index (χ4n) is 2.33. The minimum absolute atomic E-state index is 0.639. The van der Waals surface area contributed by atoms with Crippen LogP contribution in [0, 0.1) is 0 Å². The number of hydrogen-bond acceptors (Lipinski definition) is 4. The number of aromatic nitrogens is 3. The maximum Gasteiger partial charge on any atom is 0.191 e. The second-order valence-electron chi connectivity index (χ2n) is 4.84. The number of guanidine groups is 1. The number of methoxy groups -OCH3 is 1. The fourth-order valence-corrected chi connectivity index (χ4v) is 2.33. The number of rotatable bonds is 5. The highest BCUT2D eigenvalue weighted by atomic mass is 16.5. The summed E-state index contributed by atoms with van der Waals surface area (Å²) in [4.78, 5) is 4.17. The number of aliphatic imine (C=N–C) groups is 1. The van der Waals surface area contributed by atoms with E-state index in [1.807, 2.05) is 0 Å². The number of nitrogens with zero attached hydrogens (tertiary/aromatic N) is 4. The lowest BCUT2D eigenvalue weighted by atomic mass is 10.2. The van der Waals surface area contributed by atoms with Gasteiger partial charge in [-0.2, -0.15) is 0 Å². The van der Waals surface area contributed by atoms with Crippen molar-refractivity contribution in [1.29, 1.82) is 0 Å². The molecule has 1 aromatic heterocycles. The first kappa shape index (κ1) is 14.8. The molecule has 2 rings (SSSR count). The minimum atomic E-state index is 0.639. The predicted molar refractivity (Wildman–Crippen MR) is 77.7 cm³/mol. The summed E-state index contributed by atoms with van der Waals surface area (Å²) >= 11 is 0. The molecule has 112 valence electrons. The van der Waals surface area contributed by atoms with E-state index in [2.05, 4.69) is 30.4 Å². The molecule has 2 heterocycles. The van der Waals surface area contributed by atoms with Gasteiger partial charge >= 0.3 is 0 Å². The van der Waals surface area contributed by atoms with Crippen molar-refractivity contribution in [2.75, 3.05) is 27.3 Å². The molecular formula is C13H24N6O. The first-order chi connectivity index (χ1) is 9.85. The Morgan fingerprint density at radius 3 is 3.00 bits per heavy atom. The van der Waals surface area contributed by atoms with Crippen LogP contribution >= 0.6 is 0 Å². The summed E-state index contributed by atoms with van der Waals surface area (Å²) in [6, 6.07) is 0. The van der Waals surface area contributed by atoms with Gasteiger partial charge in [0.25, 0.3) is 0 Å². The second kappa shape index (κ2) is 7.84. The molecule has 0 aromatic carbocycles. The van der Waals surface area contributed by atoms with E-state index < -0.39 is 0 Å². The third kappa shape index (κ3) is 3.93. The molecule has 2 N–H and O–H groups in total. The summed E-state index contributed by atoms with van der Waals surface area (Å²) < 4.78 is 7.24. The van der Waals surface area contributed by atoms with Gasteiger partial charge in [0, 0.05) is 33.7 Å². The summed E-state index contributed by atoms with van der Waals surface area (Å²) in [7, 11) is 3.44. The molecule has 7 heteroatoms. The van der Waals surface area contributed by atoms with Crippen molar-refractivity contribution in [1.82, 2.24) is 25.4 Å². The van der Waals surface area contributed by atoms with E-state index in [4.69, 9.17) is 4.74 Å². The van der Waals surface area contributed by atoms with Gasteiger partial charge in [0.05, 0.1) is 13.2 Å². The van der Waals surface area contributed by atoms with Crippen molar-refractivity contribution >= 4 is 5.96 Å². The summed E-state index contributed by atoms with van der Waals surface area (Å²) in [6.45, 7) is 3.05. The Balaban J connectivity index is 1.88. The Morgan fingerprint density at radius 1 is 1.30 bits per heavy atom. The summed E-state index contributed by atoms with van der Waals surface area (Å²) in [5.74, 6) is 2.85. The van der Waals surface area contributed by atoms with Crippen LogP contribution in [0.5, 0.6) is 0 Å². The molecule has 0 saturated carbocycles. The zero-order valence-electron chi connectivity index (χ0n) is 12.4. The summed E-state index contributed by atoms with van der Waals surface area (Å²) in [5.41, 5.74) is 0. The van der Waals surface area contributed by atoms with E-state index in [-0.39, 0.29) is 0 Å². The van der Waals surface area contributed by atoms with Crippen LogP contribution in [0.4, 0.5) is 0 Å². The predicted octanol–water partition coefficient (Wildman–Crippen LogP) is 0.316. The highest BCUT2D eigenvalue weighted by Gasteiger charge is 2.14. The molecule has 7 nitrogen and oxygen atoms in total. The summed E-state index contributed by atoms with van der Waals surface area (Å²) in [6.07, 6.45) is 4.73. The van der Waals surface area contributed by atoms with Gasteiger partial charge in [0.1, 0.15) is 5.82 Å². The van der Waals surface area contributed by atoms with Crippen LogP contribution in [0.25, 0.3) is 0 Å². The van der Waals surface area contributed by atoms with E-state index in [1.165, 1.54) is 19.3 Å². The van der Waals surface area contributed by atoms with Gasteiger partial charge in [0.15, 0.2) is 11.8 Å². The van der Waals surface area contributed by atoms with Crippen LogP contribution in [-0.2, 0) is 24.2 Å². The number of fused-ring (bicyclic) bond motifs is 1. The average Bonchev–Trinajstić information content (AvgIpc) is 2.70. The maximum absolute atomic E-state index is 5.00. The van der Waals surface area contributed by atoms with Crippen molar-refractivity contribution < 1.29 is 4.74 Å². The number of ether oxygens (including phenoxy) is 1. The lowest BCUT2D eigenvalue weighted by Gasteiger charge is -2.12. The van der Waals surface area contributed by atoms with Gasteiger partial charge in [0.2, 0.25) is 0 Å². The van der Waals surface area contributed by atoms with Crippen molar-refractivity contribution in [3.63, 3.8) is 0 Å². The molecule has 0 atom stereocenters. The largest absolute Gasteiger partial charge is 0.383 e. The van der Waals surface area contributed by atoms with Gasteiger partial charge in [-0.05, 0) is 12.8 Å². The Hall–Kier alpha value is -1.63. The Labute approximate surface area is 119 Å². The molecule has 1 aromatic rings. The van der Waals surface area contributed by atoms with E-state index in [9.17, 15) is 0 Å². The first-order valence-electron chi connectivity index (χ1n) is 7.19. The van der Waals surface area contributed by atoms with E-state index >= 15 is 0 Å². The molecule has 0 fully saturated rings. The van der Waals surface area contributed by atoms with Gasteiger partial charge in [-0.3, -0.25) is 4.99 Å². The van der Waals surface area contributed by atoms with Crippen LogP contribution < -0.4 is 10.6 Å². The zero-order valence-corrected chi connectivity index (χ0v) is 12.4. The SMILES string of the molecule is CN=C(NCCOC)NCc1nnc2n1CCCCC2. The van der Waals surface area contributed by atoms with Gasteiger partial charge in [-0.15, -0.1) is 10.2 Å². The number of aryl methyl sites for hydroxylation is 1. The summed E-state index contributed by atoms with van der Waals surface area (Å²) in [5, 5.41) is 15.0. The van der Waals surface area contributed by atoms with Gasteiger partial charge < -0.3 is 19.9 Å². The molecular weight excluding hydrogens is 256 g/mol. The standard InChI is InChI=1S/C13H24N6O/c1-14-13(15-7-9-20-2)16-10-12-18-17-11-6-4-3-5-8-19(11)12/h3-10H2,1-2H3,(H2,14,15,16). The van der Waals surface area contributed by atoms with Crippen molar-refractivity contribution in [3.8, 4) is 0 Å². The molecule has 0 saturated heterocycles. The van der Waals surface area contributed by atoms with Gasteiger partial charge in [-0.25, -0.2) is 0 Å². The van der Waals surface area contributed by atoms with Crippen LogP contribution in [0.3, 0.4) is 0 Å². The molecule has 0 aliphatic carbocycles. The molecule has 1 aliphatic rings. The fraction of sp³-hybridized carbons (Fsp3) is 0.769. The molecule has 0 radical (unpaired) electrons. The topological polar surface area (TPSA) is 76.4 Å². The number of hydrogen-bond donors (Lipinski definition) is 2. The van der Waals surface area contributed by atoms with Crippen LogP contribution in [-0.4, -0.2) is 48.0 Å². The van der Waals surface area contributed by atoms with Gasteiger partial charge in [-0.1, -0.05) is 6.42 Å². The number of nitrogens with one attached hydrogen (secondary N) is 2. The second-order valence-corrected chi connectivity index (χ2v) is 4.84. The lowest BCUT2D eigenvalue weighted by molar-refractivity contribution is 0.203. The van der Waals surface area contributed by atoms with E-state index in [1.54, 1.807) is 14.2 Å². The first-order valence-corrected chi connectivity index (χ1v) is 7.19. The molecule has 1 aliphatic heterocycles. The molecule has 20 heavy (non-hydrogen) atoms. The average molecular weight is 280 g/mol. The highest BCUT2D eigenvalue weighted by molar-refractivity contribution is 5.79. The van der Waals surface area contributed by atoms with E-state index in [0.29, 0.717) is 13.2 Å².